The summed E-state index contributed by atoms with van der Waals surface area (Å²) in [5, 5.41) is 3.52. The zero-order valence-electron chi connectivity index (χ0n) is 13.2. The summed E-state index contributed by atoms with van der Waals surface area (Å²) < 4.78 is 27.4. The van der Waals surface area contributed by atoms with Gasteiger partial charge in [-0.2, -0.15) is 0 Å². The van der Waals surface area contributed by atoms with Crippen LogP contribution in [-0.4, -0.2) is 46.5 Å². The maximum absolute atomic E-state index is 12.4. The van der Waals surface area contributed by atoms with Gasteiger partial charge in [-0.3, -0.25) is 0 Å². The second kappa shape index (κ2) is 7.07. The Morgan fingerprint density at radius 1 is 1.29 bits per heavy atom. The van der Waals surface area contributed by atoms with Gasteiger partial charge >= 0.3 is 0 Å². The van der Waals surface area contributed by atoms with Crippen LogP contribution in [0.15, 0.2) is 23.1 Å². The summed E-state index contributed by atoms with van der Waals surface area (Å²) in [7, 11) is 2.08. The van der Waals surface area contributed by atoms with Crippen molar-refractivity contribution in [2.24, 2.45) is 0 Å². The van der Waals surface area contributed by atoms with Gasteiger partial charge in [0.1, 0.15) is 0 Å². The normalized spacial score (nSPS) is 12.9. The molecule has 1 aromatic rings. The van der Waals surface area contributed by atoms with Gasteiger partial charge in [-0.25, -0.2) is 13.1 Å². The molecule has 0 aliphatic carbocycles. The molecule has 120 valence electrons. The number of nitrogens with one attached hydrogen (secondary N) is 2. The van der Waals surface area contributed by atoms with Gasteiger partial charge in [-0.15, -0.1) is 0 Å². The zero-order valence-corrected chi connectivity index (χ0v) is 14.8. The quantitative estimate of drug-likeness (QED) is 0.797. The first kappa shape index (κ1) is 18.4. The Labute approximate surface area is 132 Å². The van der Waals surface area contributed by atoms with E-state index in [9.17, 15) is 8.42 Å². The number of likely N-dealkylation sites (N-methyl/N-ethyl adjacent to an activating group) is 1. The van der Waals surface area contributed by atoms with Crippen molar-refractivity contribution in [1.82, 2.24) is 14.9 Å². The Hall–Kier alpha value is -0.660. The van der Waals surface area contributed by atoms with Crippen LogP contribution >= 0.6 is 11.6 Å². The molecule has 0 aromatic heterocycles. The van der Waals surface area contributed by atoms with Crippen LogP contribution in [0.25, 0.3) is 0 Å². The molecule has 0 spiro atoms. The molecule has 1 aromatic carbocycles. The fourth-order valence-corrected chi connectivity index (χ4v) is 3.00. The van der Waals surface area contributed by atoms with E-state index in [4.69, 9.17) is 11.6 Å². The molecule has 7 heteroatoms. The Morgan fingerprint density at radius 3 is 2.43 bits per heavy atom. The van der Waals surface area contributed by atoms with E-state index in [1.54, 1.807) is 19.2 Å². The average Bonchev–Trinajstić information content (AvgIpc) is 2.39. The van der Waals surface area contributed by atoms with Crippen LogP contribution in [0.5, 0.6) is 0 Å². The third-order valence-electron chi connectivity index (χ3n) is 3.60. The highest BCUT2D eigenvalue weighted by molar-refractivity contribution is 7.89. The van der Waals surface area contributed by atoms with Crippen LogP contribution < -0.4 is 10.0 Å². The molecule has 2 N–H and O–H groups in total. The van der Waals surface area contributed by atoms with E-state index in [1.807, 2.05) is 32.8 Å². The summed E-state index contributed by atoms with van der Waals surface area (Å²) in [5.74, 6) is 0. The Balaban J connectivity index is 2.96. The molecule has 21 heavy (non-hydrogen) atoms. The molecule has 0 fully saturated rings. The smallest absolute Gasteiger partial charge is 0.240 e. The van der Waals surface area contributed by atoms with Gasteiger partial charge in [-0.05, 0) is 58.8 Å². The van der Waals surface area contributed by atoms with Crippen molar-refractivity contribution in [3.8, 4) is 0 Å². The van der Waals surface area contributed by atoms with Gasteiger partial charge in [0, 0.05) is 23.7 Å². The molecule has 0 aliphatic rings. The monoisotopic (exact) mass is 333 g/mol. The van der Waals surface area contributed by atoms with E-state index in [2.05, 4.69) is 10.0 Å². The first-order valence-electron chi connectivity index (χ1n) is 6.70. The average molecular weight is 334 g/mol. The van der Waals surface area contributed by atoms with Gasteiger partial charge in [0.25, 0.3) is 0 Å². The minimum Gasteiger partial charge on any atom is -0.316 e. The molecule has 0 heterocycles. The topological polar surface area (TPSA) is 61.4 Å². The Morgan fingerprint density at radius 2 is 1.90 bits per heavy atom. The molecule has 0 aliphatic heterocycles. The lowest BCUT2D eigenvalue weighted by Crippen LogP contribution is -2.48. The van der Waals surface area contributed by atoms with Crippen molar-refractivity contribution in [2.75, 3.05) is 27.7 Å². The van der Waals surface area contributed by atoms with Crippen LogP contribution in [-0.2, 0) is 16.6 Å². The number of sulfonamides is 1. The van der Waals surface area contributed by atoms with Crippen molar-refractivity contribution in [3.05, 3.63) is 28.8 Å². The second-order valence-electron chi connectivity index (χ2n) is 5.81. The lowest BCUT2D eigenvalue weighted by atomic mass is 10.1. The standard InChI is InChI=1S/C14H24ClN3O2S/c1-14(2,18(4)5)10-17-21(19,20)12-6-7-13(15)11(8-12)9-16-3/h6-8,16-17H,9-10H2,1-5H3. The molecule has 0 amide bonds. The first-order chi connectivity index (χ1) is 9.60. The number of halogens is 1. The predicted octanol–water partition coefficient (Wildman–Crippen LogP) is 1.68. The minimum atomic E-state index is -3.55. The number of hydrogen-bond acceptors (Lipinski definition) is 4. The molecular formula is C14H24ClN3O2S. The molecule has 0 saturated carbocycles. The highest BCUT2D eigenvalue weighted by Crippen LogP contribution is 2.21. The van der Waals surface area contributed by atoms with Crippen LogP contribution in [0, 0.1) is 0 Å². The van der Waals surface area contributed by atoms with Crippen LogP contribution in [0.1, 0.15) is 19.4 Å². The van der Waals surface area contributed by atoms with Gasteiger partial charge in [0.2, 0.25) is 10.0 Å². The summed E-state index contributed by atoms with van der Waals surface area (Å²) in [5.41, 5.74) is 0.488. The van der Waals surface area contributed by atoms with Gasteiger partial charge in [-0.1, -0.05) is 11.6 Å². The molecule has 0 saturated heterocycles. The van der Waals surface area contributed by atoms with E-state index in [0.29, 0.717) is 18.1 Å². The largest absolute Gasteiger partial charge is 0.316 e. The summed E-state index contributed by atoms with van der Waals surface area (Å²) in [6.45, 7) is 4.80. The van der Waals surface area contributed by atoms with E-state index in [1.165, 1.54) is 6.07 Å². The predicted molar refractivity (Wildman–Crippen MR) is 87.2 cm³/mol. The highest BCUT2D eigenvalue weighted by Gasteiger charge is 2.24. The fourth-order valence-electron chi connectivity index (χ4n) is 1.56. The molecule has 5 nitrogen and oxygen atoms in total. The molecule has 0 bridgehead atoms. The molecular weight excluding hydrogens is 310 g/mol. The van der Waals surface area contributed by atoms with Gasteiger partial charge < -0.3 is 10.2 Å². The van der Waals surface area contributed by atoms with Crippen LogP contribution in [0.3, 0.4) is 0 Å². The summed E-state index contributed by atoms with van der Waals surface area (Å²) in [4.78, 5) is 2.20. The SMILES string of the molecule is CNCc1cc(S(=O)(=O)NCC(C)(C)N(C)C)ccc1Cl. The van der Waals surface area contributed by atoms with Crippen molar-refractivity contribution >= 4 is 21.6 Å². The van der Waals surface area contributed by atoms with Crippen molar-refractivity contribution in [3.63, 3.8) is 0 Å². The van der Waals surface area contributed by atoms with Crippen LogP contribution in [0.2, 0.25) is 5.02 Å². The Bertz CT molecular complexity index is 586. The molecule has 1 rings (SSSR count). The van der Waals surface area contributed by atoms with Crippen molar-refractivity contribution in [2.45, 2.75) is 30.8 Å². The number of hydrogen-bond donors (Lipinski definition) is 2. The first-order valence-corrected chi connectivity index (χ1v) is 8.56. The van der Waals surface area contributed by atoms with E-state index >= 15 is 0 Å². The van der Waals surface area contributed by atoms with Gasteiger partial charge in [0.15, 0.2) is 0 Å². The van der Waals surface area contributed by atoms with Crippen LogP contribution in [0.4, 0.5) is 0 Å². The third-order valence-corrected chi connectivity index (χ3v) is 5.37. The molecule has 0 atom stereocenters. The Kier molecular flexibility index (Phi) is 6.19. The maximum atomic E-state index is 12.4. The van der Waals surface area contributed by atoms with Gasteiger partial charge in [0.05, 0.1) is 4.90 Å². The number of rotatable bonds is 7. The lowest BCUT2D eigenvalue weighted by molar-refractivity contribution is 0.199. The fraction of sp³-hybridized carbons (Fsp3) is 0.571. The van der Waals surface area contributed by atoms with Crippen molar-refractivity contribution < 1.29 is 8.42 Å². The van der Waals surface area contributed by atoms with E-state index in [-0.39, 0.29) is 10.4 Å². The number of benzene rings is 1. The summed E-state index contributed by atoms with van der Waals surface area (Å²) >= 11 is 6.05. The van der Waals surface area contributed by atoms with E-state index in [0.717, 1.165) is 5.56 Å². The minimum absolute atomic E-state index is 0.228. The summed E-state index contributed by atoms with van der Waals surface area (Å²) in [6, 6.07) is 4.73. The maximum Gasteiger partial charge on any atom is 0.240 e. The second-order valence-corrected chi connectivity index (χ2v) is 7.99. The third kappa shape index (κ3) is 4.93. The zero-order chi connectivity index (χ0) is 16.3. The summed E-state index contributed by atoms with van der Waals surface area (Å²) in [6.07, 6.45) is 0. The molecule has 0 unspecified atom stereocenters. The van der Waals surface area contributed by atoms with Crippen molar-refractivity contribution in [1.29, 1.82) is 0 Å². The lowest BCUT2D eigenvalue weighted by Gasteiger charge is -2.32. The highest BCUT2D eigenvalue weighted by atomic mass is 35.5. The number of nitrogens with zero attached hydrogens (tertiary/aromatic N) is 1. The van der Waals surface area contributed by atoms with E-state index < -0.39 is 10.0 Å². The molecule has 0 radical (unpaired) electrons.